The standard InChI is InChI=1S/C17H23N3O4S/c1-2-18-8-13(9-18)16-7-15(25)10-19(16)17(21)24-11-12-3-5-14(6-4-12)20(22)23/h3-6,13,15-16,25H,2,7-11H2,1H3/t15-,16-/m0/s1. The molecule has 0 unspecified atom stereocenters. The minimum atomic E-state index is -0.449. The van der Waals surface area contributed by atoms with Crippen molar-refractivity contribution in [2.24, 2.45) is 5.92 Å². The molecule has 0 spiro atoms. The number of hydrogen-bond donors (Lipinski definition) is 1. The predicted octanol–water partition coefficient (Wildman–Crippen LogP) is 2.56. The number of carbonyl (C=O) groups excluding carboxylic acids is 1. The molecular formula is C17H23N3O4S. The molecule has 3 rings (SSSR count). The van der Waals surface area contributed by atoms with Crippen molar-refractivity contribution >= 4 is 24.4 Å². The van der Waals surface area contributed by atoms with E-state index in [1.54, 1.807) is 17.0 Å². The first-order valence-corrected chi connectivity index (χ1v) is 9.06. The summed E-state index contributed by atoms with van der Waals surface area (Å²) in [5.74, 6) is 0.490. The third-order valence-electron chi connectivity index (χ3n) is 5.04. The van der Waals surface area contributed by atoms with Crippen LogP contribution in [0.2, 0.25) is 0 Å². The Morgan fingerprint density at radius 3 is 2.60 bits per heavy atom. The van der Waals surface area contributed by atoms with Crippen molar-refractivity contribution in [2.75, 3.05) is 26.2 Å². The van der Waals surface area contributed by atoms with Crippen LogP contribution in [0.3, 0.4) is 0 Å². The number of benzene rings is 1. The average Bonchev–Trinajstić information content (AvgIpc) is 2.93. The number of hydrogen-bond acceptors (Lipinski definition) is 6. The molecule has 2 aliphatic rings. The summed E-state index contributed by atoms with van der Waals surface area (Å²) in [6.45, 7) is 5.95. The van der Waals surface area contributed by atoms with Crippen LogP contribution in [-0.4, -0.2) is 58.3 Å². The van der Waals surface area contributed by atoms with E-state index in [0.717, 1.165) is 31.6 Å². The van der Waals surface area contributed by atoms with Crippen LogP contribution >= 0.6 is 12.6 Å². The van der Waals surface area contributed by atoms with Crippen LogP contribution in [0.1, 0.15) is 18.9 Å². The second-order valence-electron chi connectivity index (χ2n) is 6.70. The van der Waals surface area contributed by atoms with Gasteiger partial charge in [0.15, 0.2) is 0 Å². The summed E-state index contributed by atoms with van der Waals surface area (Å²) in [6, 6.07) is 6.24. The van der Waals surface area contributed by atoms with Crippen molar-refractivity contribution in [2.45, 2.75) is 31.2 Å². The molecule has 2 atom stereocenters. The quantitative estimate of drug-likeness (QED) is 0.493. The largest absolute Gasteiger partial charge is 0.445 e. The second-order valence-corrected chi connectivity index (χ2v) is 7.43. The van der Waals surface area contributed by atoms with Crippen LogP contribution in [0.15, 0.2) is 24.3 Å². The lowest BCUT2D eigenvalue weighted by Crippen LogP contribution is -2.55. The van der Waals surface area contributed by atoms with Crippen molar-refractivity contribution < 1.29 is 14.5 Å². The molecule has 7 nitrogen and oxygen atoms in total. The van der Waals surface area contributed by atoms with Crippen molar-refractivity contribution in [1.82, 2.24) is 9.80 Å². The van der Waals surface area contributed by atoms with Crippen LogP contribution in [0, 0.1) is 16.0 Å². The second kappa shape index (κ2) is 7.61. The van der Waals surface area contributed by atoms with Crippen molar-refractivity contribution in [3.63, 3.8) is 0 Å². The molecule has 2 fully saturated rings. The Balaban J connectivity index is 1.55. The minimum absolute atomic E-state index is 0.0260. The number of non-ortho nitro benzene ring substituents is 1. The molecule has 1 aromatic carbocycles. The van der Waals surface area contributed by atoms with Gasteiger partial charge in [0.25, 0.3) is 5.69 Å². The molecule has 1 aromatic rings. The number of nitrogens with zero attached hydrogens (tertiary/aromatic N) is 3. The van der Waals surface area contributed by atoms with Crippen molar-refractivity contribution in [1.29, 1.82) is 0 Å². The molecule has 0 radical (unpaired) electrons. The molecule has 0 aromatic heterocycles. The summed E-state index contributed by atoms with van der Waals surface area (Å²) in [5.41, 5.74) is 0.760. The molecule has 2 saturated heterocycles. The van der Waals surface area contributed by atoms with Gasteiger partial charge in [-0.3, -0.25) is 10.1 Å². The number of carbonyl (C=O) groups is 1. The number of nitro benzene ring substituents is 1. The fourth-order valence-corrected chi connectivity index (χ4v) is 3.95. The highest BCUT2D eigenvalue weighted by molar-refractivity contribution is 7.81. The first kappa shape index (κ1) is 18.0. The lowest BCUT2D eigenvalue weighted by Gasteiger charge is -2.44. The Bertz CT molecular complexity index is 633. The Hall–Kier alpha value is -1.80. The molecular weight excluding hydrogens is 342 g/mol. The van der Waals surface area contributed by atoms with E-state index >= 15 is 0 Å². The minimum Gasteiger partial charge on any atom is -0.445 e. The summed E-state index contributed by atoms with van der Waals surface area (Å²) in [7, 11) is 0. The number of likely N-dealkylation sites (tertiary alicyclic amines) is 2. The van der Waals surface area contributed by atoms with Crippen LogP contribution in [0.5, 0.6) is 0 Å². The van der Waals surface area contributed by atoms with Crippen LogP contribution in [0.4, 0.5) is 10.5 Å². The summed E-state index contributed by atoms with van der Waals surface area (Å²) in [4.78, 5) is 26.9. The Kier molecular flexibility index (Phi) is 5.48. The van der Waals surface area contributed by atoms with E-state index < -0.39 is 4.92 Å². The molecule has 8 heteroatoms. The molecule has 0 aliphatic carbocycles. The van der Waals surface area contributed by atoms with E-state index in [-0.39, 0.29) is 29.7 Å². The maximum atomic E-state index is 12.5. The molecule has 0 saturated carbocycles. The van der Waals surface area contributed by atoms with Crippen LogP contribution < -0.4 is 0 Å². The molecule has 2 aliphatic heterocycles. The maximum absolute atomic E-state index is 12.5. The summed E-state index contributed by atoms with van der Waals surface area (Å²) >= 11 is 4.55. The van der Waals surface area contributed by atoms with Gasteiger partial charge in [-0.15, -0.1) is 0 Å². The highest BCUT2D eigenvalue weighted by atomic mass is 32.1. The van der Waals surface area contributed by atoms with Crippen LogP contribution in [0.25, 0.3) is 0 Å². The number of rotatable bonds is 5. The highest BCUT2D eigenvalue weighted by Gasteiger charge is 2.43. The van der Waals surface area contributed by atoms with E-state index in [1.165, 1.54) is 12.1 Å². The van der Waals surface area contributed by atoms with Gasteiger partial charge in [0.05, 0.1) is 4.92 Å². The Morgan fingerprint density at radius 2 is 2.00 bits per heavy atom. The van der Waals surface area contributed by atoms with Gasteiger partial charge >= 0.3 is 6.09 Å². The fourth-order valence-electron chi connectivity index (χ4n) is 3.55. The monoisotopic (exact) mass is 365 g/mol. The van der Waals surface area contributed by atoms with Gasteiger partial charge in [-0.2, -0.15) is 12.6 Å². The molecule has 25 heavy (non-hydrogen) atoms. The maximum Gasteiger partial charge on any atom is 0.410 e. The predicted molar refractivity (Wildman–Crippen MR) is 96.8 cm³/mol. The van der Waals surface area contributed by atoms with E-state index in [0.29, 0.717) is 12.5 Å². The van der Waals surface area contributed by atoms with E-state index in [9.17, 15) is 14.9 Å². The summed E-state index contributed by atoms with van der Waals surface area (Å²) < 4.78 is 5.43. The molecule has 0 N–H and O–H groups in total. The van der Waals surface area contributed by atoms with Gasteiger partial charge in [0, 0.05) is 49.0 Å². The number of thiol groups is 1. The lowest BCUT2D eigenvalue weighted by molar-refractivity contribution is -0.384. The van der Waals surface area contributed by atoms with Crippen molar-refractivity contribution in [3.05, 3.63) is 39.9 Å². The first-order chi connectivity index (χ1) is 12.0. The molecule has 136 valence electrons. The topological polar surface area (TPSA) is 75.9 Å². The van der Waals surface area contributed by atoms with Gasteiger partial charge < -0.3 is 14.5 Å². The van der Waals surface area contributed by atoms with Crippen LogP contribution in [-0.2, 0) is 11.3 Å². The Morgan fingerprint density at radius 1 is 1.32 bits per heavy atom. The fraction of sp³-hybridized carbons (Fsp3) is 0.588. The highest BCUT2D eigenvalue weighted by Crippen LogP contribution is 2.32. The van der Waals surface area contributed by atoms with E-state index in [2.05, 4.69) is 24.5 Å². The normalized spacial score (nSPS) is 24.2. The zero-order valence-electron chi connectivity index (χ0n) is 14.2. The first-order valence-electron chi connectivity index (χ1n) is 8.55. The number of amides is 1. The van der Waals surface area contributed by atoms with Gasteiger partial charge in [-0.25, -0.2) is 4.79 Å². The lowest BCUT2D eigenvalue weighted by atomic mass is 9.90. The summed E-state index contributed by atoms with van der Waals surface area (Å²) in [5, 5.41) is 10.9. The van der Waals surface area contributed by atoms with E-state index in [1.807, 2.05) is 0 Å². The van der Waals surface area contributed by atoms with Gasteiger partial charge in [0.2, 0.25) is 0 Å². The number of ether oxygens (including phenoxy) is 1. The SMILES string of the molecule is CCN1CC([C@@H]2C[C@H](S)CN2C(=O)OCc2ccc([N+](=O)[O-])cc2)C1. The zero-order valence-corrected chi connectivity index (χ0v) is 15.1. The zero-order chi connectivity index (χ0) is 18.0. The third-order valence-corrected chi connectivity index (χ3v) is 5.42. The summed E-state index contributed by atoms with van der Waals surface area (Å²) in [6.07, 6.45) is 0.577. The van der Waals surface area contributed by atoms with E-state index in [4.69, 9.17) is 4.74 Å². The van der Waals surface area contributed by atoms with Gasteiger partial charge in [0.1, 0.15) is 6.61 Å². The Labute approximate surface area is 152 Å². The smallest absolute Gasteiger partial charge is 0.410 e. The molecule has 2 heterocycles. The third kappa shape index (κ3) is 4.07. The van der Waals surface area contributed by atoms with Gasteiger partial charge in [-0.05, 0) is 30.7 Å². The molecule has 0 bridgehead atoms. The molecule has 1 amide bonds. The van der Waals surface area contributed by atoms with Gasteiger partial charge in [-0.1, -0.05) is 6.92 Å². The average molecular weight is 365 g/mol. The number of nitro groups is 1. The van der Waals surface area contributed by atoms with Crippen molar-refractivity contribution in [3.8, 4) is 0 Å².